The first-order valence-corrected chi connectivity index (χ1v) is 6.09. The Labute approximate surface area is 125 Å². The molecule has 1 aromatic heterocycles. The second kappa shape index (κ2) is 7.41. The highest BCUT2D eigenvalue weighted by Gasteiger charge is 2.32. The molecular weight excluding hydrogens is 311 g/mol. The van der Waals surface area contributed by atoms with Crippen molar-refractivity contribution in [3.8, 4) is 0 Å². The van der Waals surface area contributed by atoms with Gasteiger partial charge in [0.1, 0.15) is 5.69 Å². The molecule has 0 radical (unpaired) electrons. The number of alkyl halides is 3. The lowest BCUT2D eigenvalue weighted by molar-refractivity contribution is -0.141. The minimum atomic E-state index is -4.50. The third kappa shape index (κ3) is 5.01. The lowest BCUT2D eigenvalue weighted by Gasteiger charge is -2.25. The zero-order chi connectivity index (χ0) is 14.6. The summed E-state index contributed by atoms with van der Waals surface area (Å²) < 4.78 is 37.2. The molecule has 118 valence electrons. The van der Waals surface area contributed by atoms with Crippen LogP contribution in [0.25, 0.3) is 0 Å². The van der Waals surface area contributed by atoms with E-state index in [2.05, 4.69) is 25.9 Å². The van der Waals surface area contributed by atoms with Crippen LogP contribution in [0.5, 0.6) is 0 Å². The SMILES string of the molecule is Cl.O=C(NCCNc1nccc(C(F)(F)F)n1)C1CNC1. The quantitative estimate of drug-likeness (QED) is 0.693. The van der Waals surface area contributed by atoms with Crippen molar-refractivity contribution in [1.29, 1.82) is 0 Å². The molecule has 0 atom stereocenters. The summed E-state index contributed by atoms with van der Waals surface area (Å²) in [4.78, 5) is 18.5. The maximum absolute atomic E-state index is 12.4. The minimum Gasteiger partial charge on any atom is -0.354 e. The predicted octanol–water partition coefficient (Wildman–Crippen LogP) is 0.665. The fourth-order valence-corrected chi connectivity index (χ4v) is 1.58. The van der Waals surface area contributed by atoms with E-state index in [1.807, 2.05) is 0 Å². The van der Waals surface area contributed by atoms with Crippen molar-refractivity contribution in [2.75, 3.05) is 31.5 Å². The van der Waals surface area contributed by atoms with Crippen LogP contribution >= 0.6 is 12.4 Å². The van der Waals surface area contributed by atoms with Crippen molar-refractivity contribution in [3.63, 3.8) is 0 Å². The van der Waals surface area contributed by atoms with Crippen molar-refractivity contribution in [3.05, 3.63) is 18.0 Å². The smallest absolute Gasteiger partial charge is 0.354 e. The van der Waals surface area contributed by atoms with Gasteiger partial charge in [-0.3, -0.25) is 4.79 Å². The van der Waals surface area contributed by atoms with Crippen LogP contribution in [0, 0.1) is 5.92 Å². The Hall–Kier alpha value is -1.61. The number of aromatic nitrogens is 2. The van der Waals surface area contributed by atoms with E-state index in [-0.39, 0.29) is 36.7 Å². The van der Waals surface area contributed by atoms with E-state index in [4.69, 9.17) is 0 Å². The summed E-state index contributed by atoms with van der Waals surface area (Å²) in [6.07, 6.45) is -3.46. The molecule has 0 unspecified atom stereocenters. The van der Waals surface area contributed by atoms with Gasteiger partial charge in [-0.25, -0.2) is 9.97 Å². The molecule has 1 aliphatic rings. The van der Waals surface area contributed by atoms with Crippen molar-refractivity contribution in [1.82, 2.24) is 20.6 Å². The molecule has 1 aliphatic heterocycles. The number of rotatable bonds is 5. The zero-order valence-corrected chi connectivity index (χ0v) is 11.7. The summed E-state index contributed by atoms with van der Waals surface area (Å²) in [6.45, 7) is 1.88. The first kappa shape index (κ1) is 17.4. The highest BCUT2D eigenvalue weighted by atomic mass is 35.5. The highest BCUT2D eigenvalue weighted by molar-refractivity contribution is 5.85. The number of nitrogens with zero attached hydrogens (tertiary/aromatic N) is 2. The molecular formula is C11H15ClF3N5O. The summed E-state index contributed by atoms with van der Waals surface area (Å²) in [5.74, 6) is -0.185. The van der Waals surface area contributed by atoms with Crippen LogP contribution in [0.1, 0.15) is 5.69 Å². The zero-order valence-electron chi connectivity index (χ0n) is 10.9. The van der Waals surface area contributed by atoms with E-state index in [1.54, 1.807) is 0 Å². The minimum absolute atomic E-state index is 0. The molecule has 1 saturated heterocycles. The molecule has 1 amide bonds. The molecule has 0 bridgehead atoms. The van der Waals surface area contributed by atoms with Gasteiger partial charge in [0.2, 0.25) is 11.9 Å². The Morgan fingerprint density at radius 1 is 1.38 bits per heavy atom. The van der Waals surface area contributed by atoms with Gasteiger partial charge in [0.05, 0.1) is 5.92 Å². The number of carbonyl (C=O) groups is 1. The van der Waals surface area contributed by atoms with E-state index >= 15 is 0 Å². The number of halogens is 4. The maximum atomic E-state index is 12.4. The van der Waals surface area contributed by atoms with Gasteiger partial charge >= 0.3 is 6.18 Å². The number of anilines is 1. The van der Waals surface area contributed by atoms with Gasteiger partial charge in [0.15, 0.2) is 0 Å². The Balaban J connectivity index is 0.00000220. The lowest BCUT2D eigenvalue weighted by Crippen LogP contribution is -2.51. The van der Waals surface area contributed by atoms with Gasteiger partial charge in [-0.1, -0.05) is 0 Å². The number of hydrogen-bond donors (Lipinski definition) is 3. The molecule has 0 saturated carbocycles. The molecule has 21 heavy (non-hydrogen) atoms. The molecule has 0 aliphatic carbocycles. The Kier molecular flexibility index (Phi) is 6.16. The fraction of sp³-hybridized carbons (Fsp3) is 0.545. The monoisotopic (exact) mass is 325 g/mol. The van der Waals surface area contributed by atoms with Gasteiger partial charge in [0.25, 0.3) is 0 Å². The topological polar surface area (TPSA) is 78.9 Å². The number of amides is 1. The van der Waals surface area contributed by atoms with Crippen LogP contribution in [0.3, 0.4) is 0 Å². The third-order valence-electron chi connectivity index (χ3n) is 2.81. The van der Waals surface area contributed by atoms with E-state index in [1.165, 1.54) is 0 Å². The average molecular weight is 326 g/mol. The van der Waals surface area contributed by atoms with Crippen molar-refractivity contribution < 1.29 is 18.0 Å². The standard InChI is InChI=1S/C11H14F3N5O.ClH/c12-11(13,14)8-1-2-17-10(19-8)18-4-3-16-9(20)7-5-15-6-7;/h1-2,7,15H,3-6H2,(H,16,20)(H,17,18,19);1H. The Bertz CT molecular complexity index is 481. The molecule has 2 rings (SSSR count). The molecule has 1 fully saturated rings. The Morgan fingerprint density at radius 2 is 2.10 bits per heavy atom. The summed E-state index contributed by atoms with van der Waals surface area (Å²) in [5.41, 5.74) is -1.00. The van der Waals surface area contributed by atoms with Gasteiger partial charge in [0, 0.05) is 32.4 Å². The van der Waals surface area contributed by atoms with Gasteiger partial charge in [-0.05, 0) is 6.07 Å². The third-order valence-corrected chi connectivity index (χ3v) is 2.81. The second-order valence-corrected chi connectivity index (χ2v) is 4.34. The lowest BCUT2D eigenvalue weighted by atomic mass is 10.0. The number of nitrogens with one attached hydrogen (secondary N) is 3. The Morgan fingerprint density at radius 3 is 2.67 bits per heavy atom. The molecule has 1 aromatic rings. The molecule has 0 spiro atoms. The van der Waals surface area contributed by atoms with Crippen LogP contribution in [-0.2, 0) is 11.0 Å². The van der Waals surface area contributed by atoms with Crippen LogP contribution in [-0.4, -0.2) is 42.1 Å². The van der Waals surface area contributed by atoms with E-state index in [0.29, 0.717) is 19.6 Å². The van der Waals surface area contributed by atoms with Gasteiger partial charge in [-0.2, -0.15) is 13.2 Å². The predicted molar refractivity (Wildman–Crippen MR) is 72.1 cm³/mol. The normalized spacial score (nSPS) is 14.8. The van der Waals surface area contributed by atoms with E-state index in [9.17, 15) is 18.0 Å². The molecule has 10 heteroatoms. The largest absolute Gasteiger partial charge is 0.433 e. The molecule has 3 N–H and O–H groups in total. The van der Waals surface area contributed by atoms with Gasteiger partial charge < -0.3 is 16.0 Å². The number of carbonyl (C=O) groups excluding carboxylic acids is 1. The molecule has 0 aromatic carbocycles. The van der Waals surface area contributed by atoms with Crippen LogP contribution in [0.4, 0.5) is 19.1 Å². The number of hydrogen-bond acceptors (Lipinski definition) is 5. The van der Waals surface area contributed by atoms with E-state index < -0.39 is 11.9 Å². The van der Waals surface area contributed by atoms with Crippen LogP contribution < -0.4 is 16.0 Å². The van der Waals surface area contributed by atoms with Crippen molar-refractivity contribution in [2.24, 2.45) is 5.92 Å². The molecule has 6 nitrogen and oxygen atoms in total. The molecule has 2 heterocycles. The fourth-order valence-electron chi connectivity index (χ4n) is 1.58. The van der Waals surface area contributed by atoms with Gasteiger partial charge in [-0.15, -0.1) is 12.4 Å². The average Bonchev–Trinajstić information content (AvgIpc) is 2.32. The summed E-state index contributed by atoms with van der Waals surface area (Å²) >= 11 is 0. The first-order chi connectivity index (χ1) is 9.47. The van der Waals surface area contributed by atoms with Crippen molar-refractivity contribution in [2.45, 2.75) is 6.18 Å². The second-order valence-electron chi connectivity index (χ2n) is 4.34. The van der Waals surface area contributed by atoms with Crippen molar-refractivity contribution >= 4 is 24.3 Å². The van der Waals surface area contributed by atoms with Crippen LogP contribution in [0.2, 0.25) is 0 Å². The summed E-state index contributed by atoms with van der Waals surface area (Å²) in [5, 5.41) is 8.29. The van der Waals surface area contributed by atoms with E-state index in [0.717, 1.165) is 12.3 Å². The highest BCUT2D eigenvalue weighted by Crippen LogP contribution is 2.27. The summed E-state index contributed by atoms with van der Waals surface area (Å²) in [6, 6.07) is 0.802. The maximum Gasteiger partial charge on any atom is 0.433 e. The van der Waals surface area contributed by atoms with Crippen LogP contribution in [0.15, 0.2) is 12.3 Å². The summed E-state index contributed by atoms with van der Waals surface area (Å²) in [7, 11) is 0. The first-order valence-electron chi connectivity index (χ1n) is 6.09.